The van der Waals surface area contributed by atoms with Gasteiger partial charge in [0, 0.05) is 22.3 Å². The van der Waals surface area contributed by atoms with Gasteiger partial charge in [0.2, 0.25) is 0 Å². The average Bonchev–Trinajstić information content (AvgIpc) is 3.45. The van der Waals surface area contributed by atoms with E-state index in [4.69, 9.17) is 0 Å². The second-order valence-corrected chi connectivity index (χ2v) is 12.6. The van der Waals surface area contributed by atoms with Crippen LogP contribution in [0.1, 0.15) is 60.0 Å². The Bertz CT molecular complexity index is 1250. The number of quaternary nitrogens is 2. The van der Waals surface area contributed by atoms with Crippen LogP contribution in [0.4, 0.5) is 0 Å². The van der Waals surface area contributed by atoms with Gasteiger partial charge in [-0.05, 0) is 47.9 Å². The van der Waals surface area contributed by atoms with E-state index in [9.17, 15) is 0 Å². The van der Waals surface area contributed by atoms with Crippen LogP contribution in [0.3, 0.4) is 0 Å². The Morgan fingerprint density at radius 2 is 0.667 bits per heavy atom. The first-order valence-electron chi connectivity index (χ1n) is 14.4. The first kappa shape index (κ1) is 27.8. The molecule has 39 heavy (non-hydrogen) atoms. The lowest BCUT2D eigenvalue weighted by molar-refractivity contribution is -0.915. The molecule has 0 unspecified atom stereocenters. The normalized spacial score (nSPS) is 14.4. The molecule has 0 atom stereocenters. The number of fused-ring (bicyclic) bond motifs is 6. The molecule has 0 saturated carbocycles. The quantitative estimate of drug-likeness (QED) is 0.187. The number of unbranched alkanes of at least 4 members (excludes halogenated alkanes) is 3. The highest BCUT2D eigenvalue weighted by Gasteiger charge is 2.40. The largest absolute Gasteiger partial charge is 1.00 e. The van der Waals surface area contributed by atoms with Crippen LogP contribution >= 0.6 is 0 Å². The molecule has 4 aromatic carbocycles. The molecule has 2 nitrogen and oxygen atoms in total. The molecule has 0 bridgehead atoms. The number of benzene rings is 4. The number of nitrogens with zero attached hydrogens (tertiary/aromatic N) is 2. The Hall–Kier alpha value is -2.72. The van der Waals surface area contributed by atoms with Crippen LogP contribution in [0.15, 0.2) is 97.1 Å². The summed E-state index contributed by atoms with van der Waals surface area (Å²) in [5.74, 6) is 0. The summed E-state index contributed by atoms with van der Waals surface area (Å²) in [6, 6.07) is 37.0. The van der Waals surface area contributed by atoms with Crippen molar-refractivity contribution in [3.63, 3.8) is 0 Å². The van der Waals surface area contributed by atoms with Crippen molar-refractivity contribution < 1.29 is 25.9 Å². The van der Waals surface area contributed by atoms with Crippen LogP contribution in [0, 0.1) is 0 Å². The van der Waals surface area contributed by atoms with E-state index >= 15 is 0 Å². The minimum absolute atomic E-state index is 0. The Morgan fingerprint density at radius 1 is 0.410 bits per heavy atom. The van der Waals surface area contributed by atoms with E-state index in [0.29, 0.717) is 12.1 Å². The lowest BCUT2D eigenvalue weighted by Crippen LogP contribution is -3.00. The fraction of sp³-hybridized carbons (Fsp3) is 0.333. The van der Waals surface area contributed by atoms with Crippen molar-refractivity contribution in [2.45, 2.75) is 37.8 Å². The molecule has 0 aromatic heterocycles. The van der Waals surface area contributed by atoms with Crippen molar-refractivity contribution in [3.8, 4) is 22.3 Å². The van der Waals surface area contributed by atoms with Crippen molar-refractivity contribution in [2.75, 3.05) is 41.3 Å². The predicted molar refractivity (Wildman–Crippen MR) is 160 cm³/mol. The topological polar surface area (TPSA) is 0 Å². The second-order valence-electron chi connectivity index (χ2n) is 12.6. The van der Waals surface area contributed by atoms with E-state index < -0.39 is 0 Å². The molecular weight excluding hydrogens is 540 g/mol. The summed E-state index contributed by atoms with van der Waals surface area (Å²) in [7, 11) is 9.72. The first-order valence-corrected chi connectivity index (χ1v) is 14.4. The Labute approximate surface area is 245 Å². The van der Waals surface area contributed by atoms with Gasteiger partial charge in [0.15, 0.2) is 0 Å². The van der Waals surface area contributed by atoms with Crippen molar-refractivity contribution in [1.82, 2.24) is 0 Å². The molecule has 0 N–H and O–H groups in total. The third kappa shape index (κ3) is 5.01. The fourth-order valence-electron chi connectivity index (χ4n) is 7.41. The van der Waals surface area contributed by atoms with Crippen molar-refractivity contribution in [2.24, 2.45) is 0 Å². The highest BCUT2D eigenvalue weighted by Crippen LogP contribution is 2.49. The summed E-state index contributed by atoms with van der Waals surface area (Å²) in [5.41, 5.74) is 11.7. The van der Waals surface area contributed by atoms with E-state index in [1.807, 2.05) is 0 Å². The summed E-state index contributed by atoms with van der Waals surface area (Å²) >= 11 is 0. The Kier molecular flexibility index (Phi) is 7.88. The Balaban J connectivity index is 0.00000308. The molecule has 0 amide bonds. The molecule has 0 spiro atoms. The maximum absolute atomic E-state index is 2.43. The lowest BCUT2D eigenvalue weighted by atomic mass is 10.00. The summed E-state index contributed by atoms with van der Waals surface area (Å²) in [6.45, 7) is 2.41. The van der Waals surface area contributed by atoms with Crippen LogP contribution in [0.25, 0.3) is 22.3 Å². The van der Waals surface area contributed by atoms with Crippen molar-refractivity contribution in [3.05, 3.63) is 119 Å². The monoisotopic (exact) mass is 581 g/mol. The third-order valence-corrected chi connectivity index (χ3v) is 9.22. The fourth-order valence-corrected chi connectivity index (χ4v) is 7.41. The predicted octanol–water partition coefficient (Wildman–Crippen LogP) is 5.24. The lowest BCUT2D eigenvalue weighted by Gasteiger charge is -2.38. The van der Waals surface area contributed by atoms with Gasteiger partial charge in [-0.15, -0.1) is 0 Å². The van der Waals surface area contributed by atoms with Gasteiger partial charge in [0.1, 0.15) is 12.1 Å². The van der Waals surface area contributed by atoms with Crippen LogP contribution in [-0.4, -0.2) is 50.2 Å². The SMILES string of the molecule is C[N+](C)(CCCCCC[N+](C)(C)C1c2ccccc2-c2ccccc21)C1c2ccccc2-c2ccccc21.[Br-]. The second kappa shape index (κ2) is 11.0. The number of hydrogen-bond donors (Lipinski definition) is 0. The van der Waals surface area contributed by atoms with E-state index in [1.165, 1.54) is 83.3 Å². The minimum atomic E-state index is 0. The van der Waals surface area contributed by atoms with Crippen molar-refractivity contribution in [1.29, 1.82) is 0 Å². The zero-order valence-electron chi connectivity index (χ0n) is 23.9. The molecule has 0 saturated heterocycles. The van der Waals surface area contributed by atoms with Gasteiger partial charge in [0.25, 0.3) is 0 Å². The molecular formula is C36H42BrN2+. The summed E-state index contributed by atoms with van der Waals surface area (Å²) < 4.78 is 2.04. The Morgan fingerprint density at radius 3 is 0.949 bits per heavy atom. The van der Waals surface area contributed by atoms with Crippen LogP contribution in [0.2, 0.25) is 0 Å². The zero-order valence-corrected chi connectivity index (χ0v) is 25.5. The summed E-state index contributed by atoms with van der Waals surface area (Å²) in [5, 5.41) is 0. The number of halogens is 1. The van der Waals surface area contributed by atoms with Gasteiger partial charge in [0.05, 0.1) is 41.3 Å². The van der Waals surface area contributed by atoms with E-state index in [1.54, 1.807) is 0 Å². The van der Waals surface area contributed by atoms with Gasteiger partial charge in [-0.2, -0.15) is 0 Å². The molecule has 202 valence electrons. The van der Waals surface area contributed by atoms with E-state index in [0.717, 1.165) is 8.97 Å². The summed E-state index contributed by atoms with van der Waals surface area (Å²) in [6.07, 6.45) is 5.15. The molecule has 0 aliphatic heterocycles. The van der Waals surface area contributed by atoms with Gasteiger partial charge >= 0.3 is 0 Å². The third-order valence-electron chi connectivity index (χ3n) is 9.22. The van der Waals surface area contributed by atoms with Gasteiger partial charge in [-0.25, -0.2) is 0 Å². The molecule has 4 aromatic rings. The van der Waals surface area contributed by atoms with Gasteiger partial charge in [-0.3, -0.25) is 0 Å². The average molecular weight is 583 g/mol. The minimum Gasteiger partial charge on any atom is -1.00 e. The molecule has 3 heteroatoms. The number of rotatable bonds is 9. The maximum atomic E-state index is 2.43. The summed E-state index contributed by atoms with van der Waals surface area (Å²) in [4.78, 5) is 0. The molecule has 0 heterocycles. The van der Waals surface area contributed by atoms with Crippen molar-refractivity contribution >= 4 is 0 Å². The van der Waals surface area contributed by atoms with Crippen LogP contribution in [0.5, 0.6) is 0 Å². The van der Waals surface area contributed by atoms with E-state index in [2.05, 4.69) is 125 Å². The van der Waals surface area contributed by atoms with Gasteiger partial charge in [-0.1, -0.05) is 97.1 Å². The molecule has 6 rings (SSSR count). The first-order chi connectivity index (χ1) is 18.4. The smallest absolute Gasteiger partial charge is 0.141 e. The van der Waals surface area contributed by atoms with E-state index in [-0.39, 0.29) is 17.0 Å². The molecule has 2 aliphatic carbocycles. The van der Waals surface area contributed by atoms with Crippen LogP contribution in [-0.2, 0) is 0 Å². The van der Waals surface area contributed by atoms with Crippen LogP contribution < -0.4 is 17.0 Å². The highest BCUT2D eigenvalue weighted by atomic mass is 79.9. The molecule has 2 aliphatic rings. The number of hydrogen-bond acceptors (Lipinski definition) is 0. The van der Waals surface area contributed by atoms with Gasteiger partial charge < -0.3 is 25.9 Å². The standard InChI is InChI=1S/C36H42N2.BrH/c1-37(2,35-31-21-11-7-17-27(31)28-18-8-12-22-32(28)35)25-15-5-6-16-26-38(3,4)36-33-23-13-9-19-29(33)30-20-10-14-24-34(30)36;/h7-14,17-24,35-36H,5-6,15-16,25-26H2,1-4H3;1H/q+2;/p-1. The highest BCUT2D eigenvalue weighted by molar-refractivity contribution is 5.78. The maximum Gasteiger partial charge on any atom is 0.141 e. The zero-order chi connectivity index (χ0) is 26.3. The molecule has 0 fully saturated rings. The molecule has 0 radical (unpaired) electrons.